The first-order valence-corrected chi connectivity index (χ1v) is 8.01. The molecule has 1 aliphatic rings. The molecule has 1 aliphatic carbocycles. The molecule has 0 amide bonds. The zero-order valence-electron chi connectivity index (χ0n) is 12.9. The van der Waals surface area contributed by atoms with Gasteiger partial charge in [0.05, 0.1) is 0 Å². The molecule has 0 saturated heterocycles. The van der Waals surface area contributed by atoms with Crippen molar-refractivity contribution in [2.75, 3.05) is 5.73 Å². The number of benzene rings is 2. The van der Waals surface area contributed by atoms with Gasteiger partial charge in [0.15, 0.2) is 0 Å². The molecule has 23 heavy (non-hydrogen) atoms. The Morgan fingerprint density at radius 3 is 2.87 bits per heavy atom. The highest BCUT2D eigenvalue weighted by Crippen LogP contribution is 2.33. The summed E-state index contributed by atoms with van der Waals surface area (Å²) in [6.45, 7) is 0.669. The molecular formula is C19H20FN3. The summed E-state index contributed by atoms with van der Waals surface area (Å²) in [5.41, 5.74) is 17.7. The number of rotatable bonds is 2. The predicted molar refractivity (Wildman–Crippen MR) is 91.9 cm³/mol. The van der Waals surface area contributed by atoms with Crippen LogP contribution in [0.15, 0.2) is 42.5 Å². The van der Waals surface area contributed by atoms with Crippen molar-refractivity contribution >= 4 is 16.6 Å². The van der Waals surface area contributed by atoms with Crippen LogP contribution in [0.3, 0.4) is 0 Å². The van der Waals surface area contributed by atoms with Gasteiger partial charge in [-0.2, -0.15) is 0 Å². The monoisotopic (exact) mass is 309 g/mol. The third-order valence-corrected chi connectivity index (χ3v) is 4.76. The van der Waals surface area contributed by atoms with Gasteiger partial charge in [-0.05, 0) is 60.7 Å². The minimum atomic E-state index is -0.195. The third-order valence-electron chi connectivity index (χ3n) is 4.76. The second-order valence-electron chi connectivity index (χ2n) is 6.42. The second-order valence-corrected chi connectivity index (χ2v) is 6.42. The minimum Gasteiger partial charge on any atom is -0.399 e. The molecule has 2 aromatic carbocycles. The predicted octanol–water partition coefficient (Wildman–Crippen LogP) is 3.23. The fraction of sp³-hybridized carbons (Fsp3) is 0.263. The van der Waals surface area contributed by atoms with E-state index < -0.39 is 0 Å². The van der Waals surface area contributed by atoms with Crippen LogP contribution in [0.1, 0.15) is 23.2 Å². The van der Waals surface area contributed by atoms with Crippen molar-refractivity contribution < 1.29 is 4.39 Å². The lowest BCUT2D eigenvalue weighted by atomic mass is 9.92. The summed E-state index contributed by atoms with van der Waals surface area (Å²) in [5.74, 6) is -0.195. The van der Waals surface area contributed by atoms with Crippen LogP contribution in [0.25, 0.3) is 10.9 Å². The maximum absolute atomic E-state index is 13.5. The van der Waals surface area contributed by atoms with Crippen molar-refractivity contribution in [3.05, 3.63) is 65.1 Å². The van der Waals surface area contributed by atoms with E-state index in [2.05, 4.69) is 10.6 Å². The normalized spacial score (nSPS) is 17.4. The first-order chi connectivity index (χ1) is 11.1. The average molecular weight is 309 g/mol. The summed E-state index contributed by atoms with van der Waals surface area (Å²) in [5, 5.41) is 1.19. The number of nitrogen functional groups attached to an aromatic ring is 1. The fourth-order valence-electron chi connectivity index (χ4n) is 3.69. The third kappa shape index (κ3) is 2.49. The molecule has 0 aliphatic heterocycles. The van der Waals surface area contributed by atoms with Gasteiger partial charge in [0, 0.05) is 34.9 Å². The number of hydrogen-bond acceptors (Lipinski definition) is 2. The van der Waals surface area contributed by atoms with Crippen molar-refractivity contribution in [1.29, 1.82) is 0 Å². The minimum absolute atomic E-state index is 0.195. The molecule has 3 aromatic rings. The van der Waals surface area contributed by atoms with E-state index in [0.29, 0.717) is 6.54 Å². The lowest BCUT2D eigenvalue weighted by Gasteiger charge is -2.21. The Morgan fingerprint density at radius 1 is 1.17 bits per heavy atom. The molecule has 0 fully saturated rings. The standard InChI is InChI=1S/C19H20FN3/c20-13-3-1-2-12(8-13)11-23-18-6-4-14(21)9-16(18)17-10-15(22)5-7-19(17)23/h1-4,6,8-9,15H,5,7,10-11,21-22H2. The van der Waals surface area contributed by atoms with Crippen LogP contribution in [0.2, 0.25) is 0 Å². The summed E-state index contributed by atoms with van der Waals surface area (Å²) in [4.78, 5) is 0. The van der Waals surface area contributed by atoms with E-state index in [4.69, 9.17) is 11.5 Å². The van der Waals surface area contributed by atoms with E-state index in [1.165, 1.54) is 22.7 Å². The molecule has 1 atom stereocenters. The molecule has 4 rings (SSSR count). The Bertz CT molecular complexity index is 882. The number of anilines is 1. The van der Waals surface area contributed by atoms with E-state index in [-0.39, 0.29) is 11.9 Å². The molecule has 118 valence electrons. The summed E-state index contributed by atoms with van der Waals surface area (Å²) < 4.78 is 15.8. The van der Waals surface area contributed by atoms with E-state index in [1.807, 2.05) is 18.2 Å². The zero-order valence-corrected chi connectivity index (χ0v) is 12.9. The Kier molecular flexibility index (Phi) is 3.34. The number of hydrogen-bond donors (Lipinski definition) is 2. The molecule has 1 heterocycles. The summed E-state index contributed by atoms with van der Waals surface area (Å²) in [7, 11) is 0. The molecule has 0 bridgehead atoms. The van der Waals surface area contributed by atoms with Gasteiger partial charge in [0.2, 0.25) is 0 Å². The van der Waals surface area contributed by atoms with Crippen LogP contribution in [0.5, 0.6) is 0 Å². The average Bonchev–Trinajstić information content (AvgIpc) is 2.80. The van der Waals surface area contributed by atoms with Gasteiger partial charge >= 0.3 is 0 Å². The van der Waals surface area contributed by atoms with E-state index >= 15 is 0 Å². The Balaban J connectivity index is 1.88. The number of aromatic nitrogens is 1. The summed E-state index contributed by atoms with van der Waals surface area (Å²) >= 11 is 0. The SMILES string of the molecule is Nc1ccc2c(c1)c1c(n2Cc2cccc(F)c2)CCC(N)C1. The topological polar surface area (TPSA) is 57.0 Å². The highest BCUT2D eigenvalue weighted by Gasteiger charge is 2.23. The van der Waals surface area contributed by atoms with E-state index in [9.17, 15) is 4.39 Å². The maximum Gasteiger partial charge on any atom is 0.123 e. The Labute approximate surface area is 134 Å². The van der Waals surface area contributed by atoms with Crippen LogP contribution >= 0.6 is 0 Å². The number of halogens is 1. The fourth-order valence-corrected chi connectivity index (χ4v) is 3.69. The van der Waals surface area contributed by atoms with Crippen LogP contribution in [0.4, 0.5) is 10.1 Å². The smallest absolute Gasteiger partial charge is 0.123 e. The molecule has 1 unspecified atom stereocenters. The van der Waals surface area contributed by atoms with Crippen LogP contribution in [0, 0.1) is 5.82 Å². The quantitative estimate of drug-likeness (QED) is 0.714. The highest BCUT2D eigenvalue weighted by atomic mass is 19.1. The van der Waals surface area contributed by atoms with Crippen molar-refractivity contribution in [2.24, 2.45) is 5.73 Å². The van der Waals surface area contributed by atoms with Crippen molar-refractivity contribution in [2.45, 2.75) is 31.8 Å². The maximum atomic E-state index is 13.5. The van der Waals surface area contributed by atoms with Crippen LogP contribution in [-0.4, -0.2) is 10.6 Å². The highest BCUT2D eigenvalue weighted by molar-refractivity contribution is 5.88. The van der Waals surface area contributed by atoms with Crippen LogP contribution in [-0.2, 0) is 19.4 Å². The van der Waals surface area contributed by atoms with Gasteiger partial charge in [0.25, 0.3) is 0 Å². The molecule has 1 aromatic heterocycles. The first-order valence-electron chi connectivity index (χ1n) is 8.01. The number of nitrogens with zero attached hydrogens (tertiary/aromatic N) is 1. The largest absolute Gasteiger partial charge is 0.399 e. The van der Waals surface area contributed by atoms with Gasteiger partial charge in [0.1, 0.15) is 5.82 Å². The molecule has 0 saturated carbocycles. The lowest BCUT2D eigenvalue weighted by molar-refractivity contribution is 0.555. The molecule has 4 heteroatoms. The number of fused-ring (bicyclic) bond motifs is 3. The van der Waals surface area contributed by atoms with Crippen molar-refractivity contribution in [3.63, 3.8) is 0 Å². The summed E-state index contributed by atoms with van der Waals surface area (Å²) in [6.07, 6.45) is 2.83. The molecular weight excluding hydrogens is 289 g/mol. The van der Waals surface area contributed by atoms with Gasteiger partial charge in [-0.1, -0.05) is 12.1 Å². The van der Waals surface area contributed by atoms with E-state index in [1.54, 1.807) is 12.1 Å². The van der Waals surface area contributed by atoms with E-state index in [0.717, 1.165) is 36.0 Å². The summed E-state index contributed by atoms with van der Waals surface area (Å²) in [6, 6.07) is 13.0. The first kappa shape index (κ1) is 14.3. The molecule has 4 N–H and O–H groups in total. The molecule has 0 radical (unpaired) electrons. The van der Waals surface area contributed by atoms with Gasteiger partial charge < -0.3 is 16.0 Å². The molecule has 3 nitrogen and oxygen atoms in total. The Hall–Kier alpha value is -2.33. The number of nitrogens with two attached hydrogens (primary N) is 2. The van der Waals surface area contributed by atoms with Gasteiger partial charge in [-0.15, -0.1) is 0 Å². The van der Waals surface area contributed by atoms with Crippen molar-refractivity contribution in [1.82, 2.24) is 4.57 Å². The zero-order chi connectivity index (χ0) is 16.0. The Morgan fingerprint density at radius 2 is 2.04 bits per heavy atom. The van der Waals surface area contributed by atoms with Gasteiger partial charge in [-0.25, -0.2) is 4.39 Å². The molecule has 0 spiro atoms. The lowest BCUT2D eigenvalue weighted by Crippen LogP contribution is -2.28. The van der Waals surface area contributed by atoms with Crippen molar-refractivity contribution in [3.8, 4) is 0 Å². The van der Waals surface area contributed by atoms with Crippen LogP contribution < -0.4 is 11.5 Å². The second kappa shape index (κ2) is 5.39. The van der Waals surface area contributed by atoms with Gasteiger partial charge in [-0.3, -0.25) is 0 Å².